The minimum Gasteiger partial charge on any atom is -0.352 e. The molecule has 0 bridgehead atoms. The van der Waals surface area contributed by atoms with Crippen LogP contribution in [0.25, 0.3) is 5.65 Å². The van der Waals surface area contributed by atoms with Crippen LogP contribution in [0, 0.1) is 11.8 Å². The molecule has 2 aromatic heterocycles. The monoisotopic (exact) mass is 400 g/mol. The quantitative estimate of drug-likeness (QED) is 0.769. The van der Waals surface area contributed by atoms with Gasteiger partial charge in [-0.2, -0.15) is 0 Å². The summed E-state index contributed by atoms with van der Waals surface area (Å²) in [5, 5.41) is 12.7. The molecule has 1 N–H and O–H groups in total. The topological polar surface area (TPSA) is 59.3 Å². The summed E-state index contributed by atoms with van der Waals surface area (Å²) >= 11 is 13.6. The number of aromatic nitrogens is 3. The van der Waals surface area contributed by atoms with Crippen molar-refractivity contribution in [1.29, 1.82) is 0 Å². The first-order chi connectivity index (χ1) is 11.9. The second kappa shape index (κ2) is 7.72. The molecule has 1 aliphatic carbocycles. The number of hydrogen-bond acceptors (Lipinski definition) is 4. The van der Waals surface area contributed by atoms with Crippen LogP contribution in [0.15, 0.2) is 17.4 Å². The maximum atomic E-state index is 12.6. The molecule has 1 amide bonds. The Morgan fingerprint density at radius 2 is 2.12 bits per heavy atom. The minimum atomic E-state index is -0.283. The molecule has 5 nitrogen and oxygen atoms in total. The molecular formula is C17H22Cl2N4OS. The highest BCUT2D eigenvalue weighted by Gasteiger charge is 2.29. The Bertz CT molecular complexity index is 781. The third kappa shape index (κ3) is 4.07. The zero-order valence-electron chi connectivity index (χ0n) is 14.5. The first-order valence-corrected chi connectivity index (χ1v) is 10.2. The number of thioether (sulfide) groups is 1. The smallest absolute Gasteiger partial charge is 0.233 e. The van der Waals surface area contributed by atoms with Crippen LogP contribution in [0.1, 0.15) is 40.0 Å². The second-order valence-corrected chi connectivity index (χ2v) is 8.98. The number of rotatable bonds is 4. The molecule has 1 fully saturated rings. The van der Waals surface area contributed by atoms with Crippen molar-refractivity contribution in [2.45, 2.75) is 56.5 Å². The van der Waals surface area contributed by atoms with Gasteiger partial charge in [0.25, 0.3) is 0 Å². The lowest BCUT2D eigenvalue weighted by Crippen LogP contribution is -2.46. The number of pyridine rings is 1. The van der Waals surface area contributed by atoms with Gasteiger partial charge in [-0.25, -0.2) is 0 Å². The Hall–Kier alpha value is -0.980. The average Bonchev–Trinajstić information content (AvgIpc) is 2.95. The maximum absolute atomic E-state index is 12.6. The van der Waals surface area contributed by atoms with Crippen molar-refractivity contribution >= 4 is 46.5 Å². The SMILES string of the molecule is C[C@@H]1[C@H](C)CCC[C@@H]1NC(=O)[C@@H](C)Sc1nnc2c(Cl)cc(Cl)cn12. The molecule has 25 heavy (non-hydrogen) atoms. The number of halogens is 2. The largest absolute Gasteiger partial charge is 0.352 e. The third-order valence-corrected chi connectivity index (χ3v) is 6.62. The summed E-state index contributed by atoms with van der Waals surface area (Å²) in [6.45, 7) is 6.36. The first kappa shape index (κ1) is 18.8. The maximum Gasteiger partial charge on any atom is 0.233 e. The van der Waals surface area contributed by atoms with Crippen molar-refractivity contribution in [3.05, 3.63) is 22.3 Å². The zero-order valence-corrected chi connectivity index (χ0v) is 16.8. The molecule has 0 aromatic carbocycles. The molecule has 0 aliphatic heterocycles. The fourth-order valence-corrected chi connectivity index (χ4v) is 4.62. The molecule has 4 atom stereocenters. The Morgan fingerprint density at radius 3 is 2.88 bits per heavy atom. The van der Waals surface area contributed by atoms with E-state index in [0.717, 1.165) is 6.42 Å². The summed E-state index contributed by atoms with van der Waals surface area (Å²) in [6.07, 6.45) is 5.17. The van der Waals surface area contributed by atoms with Gasteiger partial charge in [-0.3, -0.25) is 9.20 Å². The van der Waals surface area contributed by atoms with Crippen LogP contribution < -0.4 is 5.32 Å². The highest BCUT2D eigenvalue weighted by Crippen LogP contribution is 2.31. The Kier molecular flexibility index (Phi) is 5.81. The third-order valence-electron chi connectivity index (χ3n) is 5.08. The fraction of sp³-hybridized carbons (Fsp3) is 0.588. The van der Waals surface area contributed by atoms with Gasteiger partial charge in [-0.1, -0.05) is 61.7 Å². The Labute approximate surface area is 161 Å². The van der Waals surface area contributed by atoms with E-state index in [9.17, 15) is 4.79 Å². The lowest BCUT2D eigenvalue weighted by Gasteiger charge is -2.35. The molecule has 1 saturated carbocycles. The van der Waals surface area contributed by atoms with Crippen LogP contribution in [-0.4, -0.2) is 31.8 Å². The standard InChI is InChI=1S/C17H22Cl2N4OS/c1-9-5-4-6-14(10(9)2)20-16(24)11(3)25-17-22-21-15-13(19)7-12(18)8-23(15)17/h7-11,14H,4-6H2,1-3H3,(H,20,24)/t9-,10-,11-,14+/m1/s1. The number of hydrogen-bond donors (Lipinski definition) is 1. The molecule has 0 radical (unpaired) electrons. The summed E-state index contributed by atoms with van der Waals surface area (Å²) < 4.78 is 1.73. The van der Waals surface area contributed by atoms with Gasteiger partial charge in [0, 0.05) is 12.2 Å². The van der Waals surface area contributed by atoms with Gasteiger partial charge >= 0.3 is 0 Å². The summed E-state index contributed by atoms with van der Waals surface area (Å²) in [7, 11) is 0. The predicted octanol–water partition coefficient (Wildman–Crippen LogP) is 4.46. The molecule has 2 heterocycles. The predicted molar refractivity (Wildman–Crippen MR) is 102 cm³/mol. The van der Waals surface area contributed by atoms with Crippen LogP contribution in [0.5, 0.6) is 0 Å². The average molecular weight is 401 g/mol. The van der Waals surface area contributed by atoms with Crippen molar-refractivity contribution in [1.82, 2.24) is 19.9 Å². The van der Waals surface area contributed by atoms with Crippen LogP contribution in [-0.2, 0) is 4.79 Å². The van der Waals surface area contributed by atoms with Crippen molar-refractivity contribution < 1.29 is 4.79 Å². The Morgan fingerprint density at radius 1 is 1.36 bits per heavy atom. The van der Waals surface area contributed by atoms with Gasteiger partial charge in [-0.15, -0.1) is 10.2 Å². The van der Waals surface area contributed by atoms with Crippen LogP contribution >= 0.6 is 35.0 Å². The molecule has 0 saturated heterocycles. The summed E-state index contributed by atoms with van der Waals surface area (Å²) in [5.74, 6) is 1.17. The van der Waals surface area contributed by atoms with Crippen molar-refractivity contribution in [3.63, 3.8) is 0 Å². The van der Waals surface area contributed by atoms with E-state index in [0.29, 0.717) is 32.7 Å². The minimum absolute atomic E-state index is 0.0285. The van der Waals surface area contributed by atoms with Gasteiger partial charge in [0.05, 0.1) is 15.3 Å². The number of nitrogens with zero attached hydrogens (tertiary/aromatic N) is 3. The lowest BCUT2D eigenvalue weighted by molar-refractivity contribution is -0.121. The molecule has 2 aromatic rings. The van der Waals surface area contributed by atoms with Gasteiger partial charge < -0.3 is 5.32 Å². The van der Waals surface area contributed by atoms with Gasteiger partial charge in [0.15, 0.2) is 10.8 Å². The Balaban J connectivity index is 1.69. The highest BCUT2D eigenvalue weighted by molar-refractivity contribution is 8.00. The summed E-state index contributed by atoms with van der Waals surface area (Å²) in [6, 6.07) is 1.88. The van der Waals surface area contributed by atoms with Crippen molar-refractivity contribution in [2.75, 3.05) is 0 Å². The number of nitrogens with one attached hydrogen (secondary N) is 1. The molecule has 3 rings (SSSR count). The van der Waals surface area contributed by atoms with E-state index in [1.165, 1.54) is 24.6 Å². The van der Waals surface area contributed by atoms with Crippen LogP contribution in [0.4, 0.5) is 0 Å². The number of carbonyl (C=O) groups excluding carboxylic acids is 1. The van der Waals surface area contributed by atoms with Gasteiger partial charge in [-0.05, 0) is 31.2 Å². The first-order valence-electron chi connectivity index (χ1n) is 8.53. The molecule has 0 spiro atoms. The number of carbonyl (C=O) groups is 1. The lowest BCUT2D eigenvalue weighted by atomic mass is 9.78. The normalized spacial score (nSPS) is 25.1. The molecular weight excluding hydrogens is 379 g/mol. The fourth-order valence-electron chi connectivity index (χ4n) is 3.28. The van der Waals surface area contributed by atoms with Crippen LogP contribution in [0.3, 0.4) is 0 Å². The van der Waals surface area contributed by atoms with E-state index in [1.807, 2.05) is 6.92 Å². The molecule has 136 valence electrons. The van der Waals surface area contributed by atoms with Crippen LogP contribution in [0.2, 0.25) is 10.0 Å². The molecule has 1 aliphatic rings. The van der Waals surface area contributed by atoms with E-state index >= 15 is 0 Å². The van der Waals surface area contributed by atoms with E-state index in [1.54, 1.807) is 16.7 Å². The summed E-state index contributed by atoms with van der Waals surface area (Å²) in [5.41, 5.74) is 0.538. The van der Waals surface area contributed by atoms with E-state index in [-0.39, 0.29) is 17.2 Å². The van der Waals surface area contributed by atoms with Crippen molar-refractivity contribution in [3.8, 4) is 0 Å². The van der Waals surface area contributed by atoms with Gasteiger partial charge in [0.1, 0.15) is 0 Å². The molecule has 8 heteroatoms. The summed E-state index contributed by atoms with van der Waals surface area (Å²) in [4.78, 5) is 12.6. The van der Waals surface area contributed by atoms with E-state index < -0.39 is 0 Å². The number of amides is 1. The van der Waals surface area contributed by atoms with Crippen molar-refractivity contribution in [2.24, 2.45) is 11.8 Å². The van der Waals surface area contributed by atoms with Gasteiger partial charge in [0.2, 0.25) is 5.91 Å². The molecule has 0 unspecified atom stereocenters. The zero-order chi connectivity index (χ0) is 18.1. The second-order valence-electron chi connectivity index (χ2n) is 6.82. The highest BCUT2D eigenvalue weighted by atomic mass is 35.5. The van der Waals surface area contributed by atoms with E-state index in [2.05, 4.69) is 29.4 Å². The number of fused-ring (bicyclic) bond motifs is 1. The van der Waals surface area contributed by atoms with E-state index in [4.69, 9.17) is 23.2 Å².